The number of hydrogen-bond acceptors (Lipinski definition) is 5. The Morgan fingerprint density at radius 3 is 2.06 bits per heavy atom. The van der Waals surface area contributed by atoms with Crippen molar-refractivity contribution in [2.45, 2.75) is 89.4 Å². The summed E-state index contributed by atoms with van der Waals surface area (Å²) >= 11 is 0. The second-order valence-electron chi connectivity index (χ2n) is 13.1. The van der Waals surface area contributed by atoms with E-state index < -0.39 is 16.1 Å². The second kappa shape index (κ2) is 10.8. The van der Waals surface area contributed by atoms with E-state index in [0.717, 1.165) is 36.5 Å². The van der Waals surface area contributed by atoms with Gasteiger partial charge in [-0.2, -0.15) is 9.61 Å². The van der Waals surface area contributed by atoms with E-state index in [-0.39, 0.29) is 0 Å². The molecule has 0 aromatic carbocycles. The average Bonchev–Trinajstić information content (AvgIpc) is 3.36. The minimum absolute atomic E-state index is 0.520. The van der Waals surface area contributed by atoms with E-state index in [9.17, 15) is 0 Å². The van der Waals surface area contributed by atoms with Crippen LogP contribution >= 0.6 is 0 Å². The molecular formula is C26H46N4O2Si2. The molecule has 0 aliphatic heterocycles. The maximum absolute atomic E-state index is 6.21. The third kappa shape index (κ3) is 7.15. The molecule has 0 N–H and O–H groups in total. The Labute approximate surface area is 208 Å². The van der Waals surface area contributed by atoms with Crippen molar-refractivity contribution in [3.05, 3.63) is 24.0 Å². The Morgan fingerprint density at radius 1 is 0.912 bits per heavy atom. The van der Waals surface area contributed by atoms with Crippen LogP contribution in [0.4, 0.5) is 5.82 Å². The van der Waals surface area contributed by atoms with Crippen LogP contribution in [0.5, 0.6) is 0 Å². The Kier molecular flexibility index (Phi) is 8.22. The number of fused-ring (bicyclic) bond motifs is 3. The van der Waals surface area contributed by atoms with Crippen molar-refractivity contribution in [3.8, 4) is 0 Å². The highest BCUT2D eigenvalue weighted by Gasteiger charge is 2.35. The molecule has 2 aliphatic carbocycles. The minimum atomic E-state index is -1.13. The zero-order chi connectivity index (χ0) is 24.3. The van der Waals surface area contributed by atoms with Gasteiger partial charge < -0.3 is 14.4 Å². The Bertz CT molecular complexity index is 903. The van der Waals surface area contributed by atoms with Gasteiger partial charge in [-0.1, -0.05) is 52.1 Å². The second-order valence-corrected chi connectivity index (χ2v) is 24.3. The zero-order valence-electron chi connectivity index (χ0n) is 22.3. The van der Waals surface area contributed by atoms with Gasteiger partial charge in [0.2, 0.25) is 0 Å². The van der Waals surface area contributed by atoms with E-state index >= 15 is 0 Å². The highest BCUT2D eigenvalue weighted by Crippen LogP contribution is 2.48. The quantitative estimate of drug-likeness (QED) is 0.189. The van der Waals surface area contributed by atoms with Gasteiger partial charge in [0.15, 0.2) is 5.65 Å². The highest BCUT2D eigenvalue weighted by molar-refractivity contribution is 6.76. The monoisotopic (exact) mass is 502 g/mol. The number of aromatic nitrogens is 3. The van der Waals surface area contributed by atoms with Gasteiger partial charge in [-0.15, -0.1) is 0 Å². The first kappa shape index (κ1) is 25.9. The molecule has 2 saturated carbocycles. The fourth-order valence-corrected chi connectivity index (χ4v) is 6.89. The normalized spacial score (nSPS) is 23.1. The standard InChI is InChI=1S/C26H46N4O2Si2/c1-33(2,3)13-11-31-19-29(20-32-12-14-34(4,5)6)26-18-24(28-25-9-10-27-30(25)26)23-16-21-7-8-22(15-21)17-23/h9-10,18,21-23H,7-8,11-17,19-20H2,1-6H3/t21-,22+,23?. The lowest BCUT2D eigenvalue weighted by molar-refractivity contribution is 0.0942. The van der Waals surface area contributed by atoms with E-state index in [1.54, 1.807) is 0 Å². The summed E-state index contributed by atoms with van der Waals surface area (Å²) in [6.07, 6.45) is 8.67. The summed E-state index contributed by atoms with van der Waals surface area (Å²) in [6.45, 7) is 17.0. The predicted octanol–water partition coefficient (Wildman–Crippen LogP) is 6.45. The first-order valence-electron chi connectivity index (χ1n) is 13.3. The van der Waals surface area contributed by atoms with E-state index in [4.69, 9.17) is 14.5 Å². The summed E-state index contributed by atoms with van der Waals surface area (Å²) < 4.78 is 14.4. The molecule has 2 aromatic rings. The van der Waals surface area contributed by atoms with Gasteiger partial charge >= 0.3 is 0 Å². The van der Waals surface area contributed by atoms with Crippen molar-refractivity contribution in [1.29, 1.82) is 0 Å². The van der Waals surface area contributed by atoms with Crippen LogP contribution in [0.25, 0.3) is 5.65 Å². The largest absolute Gasteiger partial charge is 0.361 e. The third-order valence-corrected chi connectivity index (χ3v) is 10.9. The van der Waals surface area contributed by atoms with Gasteiger partial charge in [-0.05, 0) is 43.2 Å². The molecule has 2 heterocycles. The van der Waals surface area contributed by atoms with Crippen molar-refractivity contribution in [2.75, 3.05) is 31.6 Å². The molecule has 8 heteroatoms. The summed E-state index contributed by atoms with van der Waals surface area (Å²) in [7, 11) is -2.26. The topological polar surface area (TPSA) is 51.9 Å². The molecule has 6 nitrogen and oxygen atoms in total. The van der Waals surface area contributed by atoms with Crippen LogP contribution in [0.1, 0.15) is 43.7 Å². The molecule has 0 spiro atoms. The van der Waals surface area contributed by atoms with E-state index in [0.29, 0.717) is 19.4 Å². The average molecular weight is 503 g/mol. The molecule has 2 fully saturated rings. The van der Waals surface area contributed by atoms with Crippen LogP contribution in [0, 0.1) is 11.8 Å². The van der Waals surface area contributed by atoms with Gasteiger partial charge in [0.25, 0.3) is 0 Å². The lowest BCUT2D eigenvalue weighted by Crippen LogP contribution is -2.33. The molecule has 34 heavy (non-hydrogen) atoms. The molecule has 0 radical (unpaired) electrons. The lowest BCUT2D eigenvalue weighted by atomic mass is 9.79. The summed E-state index contributed by atoms with van der Waals surface area (Å²) in [5.74, 6) is 3.39. The first-order chi connectivity index (χ1) is 16.1. The predicted molar refractivity (Wildman–Crippen MR) is 146 cm³/mol. The number of rotatable bonds is 12. The third-order valence-electron chi connectivity index (χ3n) is 7.48. The fraction of sp³-hybridized carbons (Fsp3) is 0.769. The SMILES string of the molecule is C[Si](C)(C)CCOCN(COCC[Si](C)(C)C)c1cc(C2C[C@H]3CC[C@@H](C2)C3)nc2ccnn12. The molecule has 2 aromatic heterocycles. The molecule has 2 aliphatic rings. The fourth-order valence-electron chi connectivity index (χ4n) is 5.37. The van der Waals surface area contributed by atoms with E-state index in [1.807, 2.05) is 16.8 Å². The molecule has 2 bridgehead atoms. The van der Waals surface area contributed by atoms with Crippen molar-refractivity contribution in [1.82, 2.24) is 14.6 Å². The lowest BCUT2D eigenvalue weighted by Gasteiger charge is -2.30. The smallest absolute Gasteiger partial charge is 0.157 e. The van der Waals surface area contributed by atoms with Crippen LogP contribution in [0.2, 0.25) is 51.4 Å². The maximum atomic E-state index is 6.21. The number of ether oxygens (including phenoxy) is 2. The molecule has 0 amide bonds. The molecule has 1 unspecified atom stereocenters. The Hall–Kier alpha value is -1.23. The van der Waals surface area contributed by atoms with Crippen LogP contribution in [-0.2, 0) is 9.47 Å². The van der Waals surface area contributed by atoms with Crippen molar-refractivity contribution in [2.24, 2.45) is 11.8 Å². The van der Waals surface area contributed by atoms with Crippen LogP contribution in [0.3, 0.4) is 0 Å². The summed E-state index contributed by atoms with van der Waals surface area (Å²) in [4.78, 5) is 7.28. The van der Waals surface area contributed by atoms with Gasteiger partial charge in [-0.25, -0.2) is 4.98 Å². The molecule has 3 atom stereocenters. The minimum Gasteiger partial charge on any atom is -0.361 e. The van der Waals surface area contributed by atoms with Crippen LogP contribution < -0.4 is 4.90 Å². The molecular weight excluding hydrogens is 456 g/mol. The van der Waals surface area contributed by atoms with Crippen molar-refractivity contribution in [3.63, 3.8) is 0 Å². The Morgan fingerprint density at radius 2 is 1.50 bits per heavy atom. The summed E-state index contributed by atoms with van der Waals surface area (Å²) in [5, 5.41) is 4.62. The van der Waals surface area contributed by atoms with Gasteiger partial charge in [0, 0.05) is 53.1 Å². The highest BCUT2D eigenvalue weighted by atomic mass is 28.3. The molecule has 0 saturated heterocycles. The summed E-state index contributed by atoms with van der Waals surface area (Å²) in [5.41, 5.74) is 2.16. The zero-order valence-corrected chi connectivity index (χ0v) is 24.3. The number of nitrogens with zero attached hydrogens (tertiary/aromatic N) is 4. The van der Waals surface area contributed by atoms with Gasteiger partial charge in [-0.3, -0.25) is 0 Å². The van der Waals surface area contributed by atoms with Crippen molar-refractivity contribution >= 4 is 27.6 Å². The van der Waals surface area contributed by atoms with Crippen molar-refractivity contribution < 1.29 is 9.47 Å². The van der Waals surface area contributed by atoms with Crippen LogP contribution in [-0.4, -0.2) is 57.4 Å². The van der Waals surface area contributed by atoms with Gasteiger partial charge in [0.05, 0.1) is 6.20 Å². The van der Waals surface area contributed by atoms with E-state index in [2.05, 4.69) is 55.3 Å². The van der Waals surface area contributed by atoms with E-state index in [1.165, 1.54) is 49.9 Å². The number of hydrogen-bond donors (Lipinski definition) is 0. The van der Waals surface area contributed by atoms with Crippen LogP contribution in [0.15, 0.2) is 18.3 Å². The number of anilines is 1. The summed E-state index contributed by atoms with van der Waals surface area (Å²) in [6, 6.07) is 6.64. The Balaban J connectivity index is 1.53. The van der Waals surface area contributed by atoms with Gasteiger partial charge in [0.1, 0.15) is 19.3 Å². The molecule has 4 rings (SSSR count). The molecule has 190 valence electrons. The first-order valence-corrected chi connectivity index (χ1v) is 20.7. The maximum Gasteiger partial charge on any atom is 0.157 e.